The van der Waals surface area contributed by atoms with Crippen molar-refractivity contribution in [2.45, 2.75) is 39.8 Å². The molecular formula is C17H21N5O. The van der Waals surface area contributed by atoms with Crippen LogP contribution in [0.15, 0.2) is 34.9 Å². The Balaban J connectivity index is 1.92. The number of aromatic nitrogens is 4. The molecule has 0 atom stereocenters. The Bertz CT molecular complexity index is 808. The quantitative estimate of drug-likeness (QED) is 0.803. The first-order valence-corrected chi connectivity index (χ1v) is 7.59. The number of nitrogens with two attached hydrogens (primary N) is 1. The lowest BCUT2D eigenvalue weighted by Gasteiger charge is -2.20. The fraction of sp³-hybridized carbons (Fsp3) is 0.353. The second-order valence-corrected chi connectivity index (χ2v) is 6.58. The summed E-state index contributed by atoms with van der Waals surface area (Å²) in [6.07, 6.45) is 0. The molecule has 0 saturated heterocycles. The molecule has 2 aromatic heterocycles. The van der Waals surface area contributed by atoms with Gasteiger partial charge in [0, 0.05) is 17.8 Å². The third-order valence-electron chi connectivity index (χ3n) is 3.62. The van der Waals surface area contributed by atoms with Gasteiger partial charge >= 0.3 is 0 Å². The topological polar surface area (TPSA) is 82.8 Å². The zero-order chi connectivity index (χ0) is 16.6. The van der Waals surface area contributed by atoms with Crippen molar-refractivity contribution >= 4 is 0 Å². The first-order chi connectivity index (χ1) is 10.9. The minimum absolute atomic E-state index is 0.0940. The Kier molecular flexibility index (Phi) is 3.77. The monoisotopic (exact) mass is 311 g/mol. The third-order valence-corrected chi connectivity index (χ3v) is 3.62. The molecular weight excluding hydrogens is 290 g/mol. The molecule has 2 N–H and O–H groups in total. The number of rotatable bonds is 3. The average molecular weight is 311 g/mol. The van der Waals surface area contributed by atoms with E-state index in [4.69, 9.17) is 10.3 Å². The van der Waals surface area contributed by atoms with E-state index in [1.807, 2.05) is 41.9 Å². The predicted molar refractivity (Wildman–Crippen MR) is 88.6 cm³/mol. The van der Waals surface area contributed by atoms with Crippen LogP contribution >= 0.6 is 0 Å². The molecule has 0 aliphatic carbocycles. The van der Waals surface area contributed by atoms with E-state index < -0.39 is 0 Å². The number of benzene rings is 1. The maximum atomic E-state index is 5.61. The van der Waals surface area contributed by atoms with Crippen molar-refractivity contribution in [2.24, 2.45) is 5.73 Å². The van der Waals surface area contributed by atoms with E-state index in [-0.39, 0.29) is 5.54 Å². The minimum atomic E-state index is -0.0940. The van der Waals surface area contributed by atoms with Crippen LogP contribution in [0.4, 0.5) is 0 Å². The summed E-state index contributed by atoms with van der Waals surface area (Å²) in [5, 5.41) is 8.64. The van der Waals surface area contributed by atoms with Gasteiger partial charge in [0.05, 0.1) is 5.54 Å². The van der Waals surface area contributed by atoms with Gasteiger partial charge < -0.3 is 10.3 Å². The molecule has 0 unspecified atom stereocenters. The van der Waals surface area contributed by atoms with Crippen molar-refractivity contribution in [1.82, 2.24) is 19.9 Å². The molecule has 120 valence electrons. The van der Waals surface area contributed by atoms with Crippen LogP contribution in [0.1, 0.15) is 32.0 Å². The number of hydrogen-bond acceptors (Lipinski definition) is 5. The standard InChI is InChI=1S/C17H21N5O/c1-11-9-14(20-22(11)17(2,3)4)16-19-15(21-23-16)13-7-5-12(10-18)6-8-13/h5-9H,10,18H2,1-4H3. The van der Waals surface area contributed by atoms with Crippen LogP contribution in [0, 0.1) is 6.92 Å². The van der Waals surface area contributed by atoms with E-state index >= 15 is 0 Å². The summed E-state index contributed by atoms with van der Waals surface area (Å²) in [5.41, 5.74) is 9.22. The fourth-order valence-corrected chi connectivity index (χ4v) is 2.49. The van der Waals surface area contributed by atoms with Gasteiger partial charge in [-0.25, -0.2) is 0 Å². The highest BCUT2D eigenvalue weighted by Gasteiger charge is 2.20. The summed E-state index contributed by atoms with van der Waals surface area (Å²) in [4.78, 5) is 4.46. The van der Waals surface area contributed by atoms with E-state index in [0.29, 0.717) is 24.0 Å². The highest BCUT2D eigenvalue weighted by atomic mass is 16.5. The van der Waals surface area contributed by atoms with Crippen LogP contribution in [-0.4, -0.2) is 19.9 Å². The Labute approximate surface area is 135 Å². The molecule has 0 bridgehead atoms. The maximum Gasteiger partial charge on any atom is 0.278 e. The summed E-state index contributed by atoms with van der Waals surface area (Å²) in [7, 11) is 0. The molecule has 0 aliphatic rings. The van der Waals surface area contributed by atoms with E-state index in [9.17, 15) is 0 Å². The normalized spacial score (nSPS) is 11.9. The second-order valence-electron chi connectivity index (χ2n) is 6.58. The maximum absolute atomic E-state index is 5.61. The second kappa shape index (κ2) is 5.62. The summed E-state index contributed by atoms with van der Waals surface area (Å²) in [6, 6.07) is 9.76. The summed E-state index contributed by atoms with van der Waals surface area (Å²) in [6.45, 7) is 8.85. The lowest BCUT2D eigenvalue weighted by Crippen LogP contribution is -2.24. The predicted octanol–water partition coefficient (Wildman–Crippen LogP) is 3.12. The van der Waals surface area contributed by atoms with Crippen LogP contribution < -0.4 is 5.73 Å². The highest BCUT2D eigenvalue weighted by Crippen LogP contribution is 2.24. The molecule has 23 heavy (non-hydrogen) atoms. The molecule has 0 amide bonds. The molecule has 0 spiro atoms. The molecule has 3 aromatic rings. The average Bonchev–Trinajstić information content (AvgIpc) is 3.13. The van der Waals surface area contributed by atoms with Crippen LogP contribution in [0.2, 0.25) is 0 Å². The number of nitrogens with zero attached hydrogens (tertiary/aromatic N) is 4. The van der Waals surface area contributed by atoms with Crippen LogP contribution in [-0.2, 0) is 12.1 Å². The van der Waals surface area contributed by atoms with Crippen molar-refractivity contribution in [3.8, 4) is 23.0 Å². The lowest BCUT2D eigenvalue weighted by atomic mass is 10.1. The Hall–Kier alpha value is -2.47. The SMILES string of the molecule is Cc1cc(-c2nc(-c3ccc(CN)cc3)no2)nn1C(C)(C)C. The van der Waals surface area contributed by atoms with E-state index in [1.54, 1.807) is 0 Å². The van der Waals surface area contributed by atoms with Crippen molar-refractivity contribution in [3.05, 3.63) is 41.6 Å². The largest absolute Gasteiger partial charge is 0.332 e. The summed E-state index contributed by atoms with van der Waals surface area (Å²) >= 11 is 0. The zero-order valence-corrected chi connectivity index (χ0v) is 13.9. The molecule has 3 rings (SSSR count). The van der Waals surface area contributed by atoms with Crippen LogP contribution in [0.3, 0.4) is 0 Å². The van der Waals surface area contributed by atoms with Gasteiger partial charge in [-0.15, -0.1) is 0 Å². The van der Waals surface area contributed by atoms with E-state index in [0.717, 1.165) is 16.8 Å². The van der Waals surface area contributed by atoms with Gasteiger partial charge in [-0.05, 0) is 39.3 Å². The molecule has 0 fully saturated rings. The lowest BCUT2D eigenvalue weighted by molar-refractivity contribution is 0.347. The number of aryl methyl sites for hydroxylation is 1. The van der Waals surface area contributed by atoms with Crippen molar-refractivity contribution in [1.29, 1.82) is 0 Å². The van der Waals surface area contributed by atoms with Gasteiger partial charge in [-0.3, -0.25) is 4.68 Å². The van der Waals surface area contributed by atoms with E-state index in [2.05, 4.69) is 36.0 Å². The van der Waals surface area contributed by atoms with Crippen LogP contribution in [0.25, 0.3) is 23.0 Å². The Morgan fingerprint density at radius 1 is 1.17 bits per heavy atom. The first-order valence-electron chi connectivity index (χ1n) is 7.59. The van der Waals surface area contributed by atoms with Gasteiger partial charge in [-0.2, -0.15) is 10.1 Å². The van der Waals surface area contributed by atoms with Gasteiger partial charge in [0.25, 0.3) is 5.89 Å². The fourth-order valence-electron chi connectivity index (χ4n) is 2.49. The van der Waals surface area contributed by atoms with Crippen LogP contribution in [0.5, 0.6) is 0 Å². The van der Waals surface area contributed by atoms with Gasteiger partial charge in [-0.1, -0.05) is 29.4 Å². The van der Waals surface area contributed by atoms with Gasteiger partial charge in [0.2, 0.25) is 5.82 Å². The highest BCUT2D eigenvalue weighted by molar-refractivity contribution is 5.58. The van der Waals surface area contributed by atoms with Crippen molar-refractivity contribution in [2.75, 3.05) is 0 Å². The zero-order valence-electron chi connectivity index (χ0n) is 13.9. The smallest absolute Gasteiger partial charge is 0.278 e. The van der Waals surface area contributed by atoms with Gasteiger partial charge in [0.15, 0.2) is 5.69 Å². The summed E-state index contributed by atoms with van der Waals surface area (Å²) < 4.78 is 7.34. The summed E-state index contributed by atoms with van der Waals surface area (Å²) in [5.74, 6) is 0.973. The Morgan fingerprint density at radius 2 is 1.87 bits per heavy atom. The molecule has 6 nitrogen and oxygen atoms in total. The minimum Gasteiger partial charge on any atom is -0.332 e. The van der Waals surface area contributed by atoms with Crippen molar-refractivity contribution in [3.63, 3.8) is 0 Å². The molecule has 2 heterocycles. The number of hydrogen-bond donors (Lipinski definition) is 1. The Morgan fingerprint density at radius 3 is 2.43 bits per heavy atom. The molecule has 0 aliphatic heterocycles. The van der Waals surface area contributed by atoms with Gasteiger partial charge in [0.1, 0.15) is 0 Å². The third kappa shape index (κ3) is 3.03. The molecule has 6 heteroatoms. The molecule has 0 radical (unpaired) electrons. The molecule has 0 saturated carbocycles. The molecule has 1 aromatic carbocycles. The van der Waals surface area contributed by atoms with Crippen molar-refractivity contribution < 1.29 is 4.52 Å². The van der Waals surface area contributed by atoms with E-state index in [1.165, 1.54) is 0 Å². The first kappa shape index (κ1) is 15.4.